The largest absolute Gasteiger partial charge is 0.324 e. The molecule has 2 N–H and O–H groups in total. The fraction of sp³-hybridized carbons (Fsp3) is 0.333. The molecule has 0 saturated carbocycles. The number of benzene rings is 1. The molecule has 0 aromatic heterocycles. The SMILES string of the molecule is CC(N)c1ccc2c(c1)SCC(=O)N2CC#N. The molecule has 0 radical (unpaired) electrons. The fourth-order valence-electron chi connectivity index (χ4n) is 1.75. The Hall–Kier alpha value is -1.51. The number of anilines is 1. The maximum absolute atomic E-state index is 11.7. The zero-order valence-corrected chi connectivity index (χ0v) is 10.3. The summed E-state index contributed by atoms with van der Waals surface area (Å²) >= 11 is 1.50. The van der Waals surface area contributed by atoms with Crippen LogP contribution in [0.15, 0.2) is 23.1 Å². The predicted molar refractivity (Wildman–Crippen MR) is 67.7 cm³/mol. The number of amides is 1. The van der Waals surface area contributed by atoms with Crippen LogP contribution in [0.5, 0.6) is 0 Å². The second-order valence-corrected chi connectivity index (χ2v) is 4.96. The Balaban J connectivity index is 2.41. The van der Waals surface area contributed by atoms with Gasteiger partial charge < -0.3 is 5.73 Å². The molecule has 4 nitrogen and oxygen atoms in total. The summed E-state index contributed by atoms with van der Waals surface area (Å²) in [6.45, 7) is 2.03. The lowest BCUT2D eigenvalue weighted by atomic mass is 10.1. The minimum absolute atomic E-state index is 0.0161. The van der Waals surface area contributed by atoms with Crippen molar-refractivity contribution in [2.75, 3.05) is 17.2 Å². The number of hydrogen-bond donors (Lipinski definition) is 1. The Bertz CT molecular complexity index is 493. The van der Waals surface area contributed by atoms with Crippen molar-refractivity contribution in [1.29, 1.82) is 5.26 Å². The number of thioether (sulfide) groups is 1. The van der Waals surface area contributed by atoms with Crippen molar-refractivity contribution in [2.24, 2.45) is 5.73 Å². The number of hydrogen-bond acceptors (Lipinski definition) is 4. The highest BCUT2D eigenvalue weighted by Crippen LogP contribution is 2.36. The van der Waals surface area contributed by atoms with Gasteiger partial charge in [0.05, 0.1) is 17.5 Å². The Labute approximate surface area is 104 Å². The molecular weight excluding hydrogens is 234 g/mol. The van der Waals surface area contributed by atoms with Gasteiger partial charge in [-0.1, -0.05) is 6.07 Å². The van der Waals surface area contributed by atoms with Crippen molar-refractivity contribution in [3.8, 4) is 6.07 Å². The summed E-state index contributed by atoms with van der Waals surface area (Å²) in [4.78, 5) is 14.2. The maximum Gasteiger partial charge on any atom is 0.238 e. The van der Waals surface area contributed by atoms with Gasteiger partial charge in [-0.15, -0.1) is 11.8 Å². The number of carbonyl (C=O) groups is 1. The molecule has 0 fully saturated rings. The number of fused-ring (bicyclic) bond motifs is 1. The molecule has 1 aromatic rings. The van der Waals surface area contributed by atoms with E-state index in [0.717, 1.165) is 16.1 Å². The van der Waals surface area contributed by atoms with Gasteiger partial charge >= 0.3 is 0 Å². The van der Waals surface area contributed by atoms with E-state index >= 15 is 0 Å². The molecule has 1 heterocycles. The van der Waals surface area contributed by atoms with Gasteiger partial charge in [-0.05, 0) is 24.6 Å². The van der Waals surface area contributed by atoms with Crippen LogP contribution in [-0.2, 0) is 4.79 Å². The monoisotopic (exact) mass is 247 g/mol. The van der Waals surface area contributed by atoms with Gasteiger partial charge in [-0.2, -0.15) is 5.26 Å². The van der Waals surface area contributed by atoms with Crippen molar-refractivity contribution in [3.05, 3.63) is 23.8 Å². The third kappa shape index (κ3) is 2.28. The Morgan fingerprint density at radius 1 is 1.65 bits per heavy atom. The first-order chi connectivity index (χ1) is 8.13. The van der Waals surface area contributed by atoms with Gasteiger partial charge in [0.1, 0.15) is 6.54 Å². The number of carbonyl (C=O) groups excluding carboxylic acids is 1. The number of nitrogens with zero attached hydrogens (tertiary/aromatic N) is 2. The lowest BCUT2D eigenvalue weighted by Gasteiger charge is -2.27. The van der Waals surface area contributed by atoms with Gasteiger partial charge in [0.2, 0.25) is 5.91 Å². The summed E-state index contributed by atoms with van der Waals surface area (Å²) in [5, 5.41) is 8.73. The van der Waals surface area contributed by atoms with Crippen LogP contribution in [0.25, 0.3) is 0 Å². The highest BCUT2D eigenvalue weighted by Gasteiger charge is 2.24. The molecule has 2 rings (SSSR count). The van der Waals surface area contributed by atoms with E-state index in [-0.39, 0.29) is 18.5 Å². The van der Waals surface area contributed by atoms with Gasteiger partial charge in [0.25, 0.3) is 0 Å². The standard InChI is InChI=1S/C12H13N3OS/c1-8(14)9-2-3-10-11(6-9)17-7-12(16)15(10)5-4-13/h2-3,6,8H,5,7,14H2,1H3. The summed E-state index contributed by atoms with van der Waals surface area (Å²) in [5.41, 5.74) is 7.69. The van der Waals surface area contributed by atoms with E-state index in [0.29, 0.717) is 5.75 Å². The normalized spacial score (nSPS) is 16.3. The van der Waals surface area contributed by atoms with E-state index < -0.39 is 0 Å². The van der Waals surface area contributed by atoms with Crippen molar-refractivity contribution in [1.82, 2.24) is 0 Å². The van der Waals surface area contributed by atoms with Crippen LogP contribution in [0.1, 0.15) is 18.5 Å². The van der Waals surface area contributed by atoms with Crippen LogP contribution in [0.2, 0.25) is 0 Å². The molecule has 0 saturated heterocycles. The van der Waals surface area contributed by atoms with Crippen LogP contribution >= 0.6 is 11.8 Å². The first-order valence-corrected chi connectivity index (χ1v) is 6.31. The van der Waals surface area contributed by atoms with Crippen molar-refractivity contribution in [3.63, 3.8) is 0 Å². The van der Waals surface area contributed by atoms with Crippen LogP contribution in [0.4, 0.5) is 5.69 Å². The minimum Gasteiger partial charge on any atom is -0.324 e. The van der Waals surface area contributed by atoms with E-state index in [1.54, 1.807) is 0 Å². The van der Waals surface area contributed by atoms with E-state index in [1.807, 2.05) is 31.2 Å². The molecule has 0 spiro atoms. The Kier molecular flexibility index (Phi) is 3.36. The molecule has 1 amide bonds. The average Bonchev–Trinajstić information content (AvgIpc) is 2.32. The molecule has 1 aromatic carbocycles. The zero-order valence-electron chi connectivity index (χ0n) is 9.51. The van der Waals surface area contributed by atoms with Gasteiger partial charge in [-0.3, -0.25) is 9.69 Å². The third-order valence-electron chi connectivity index (χ3n) is 2.68. The summed E-state index contributed by atoms with van der Waals surface area (Å²) in [5.74, 6) is 0.370. The number of nitrogens with two attached hydrogens (primary N) is 1. The van der Waals surface area contributed by atoms with Crippen LogP contribution in [0.3, 0.4) is 0 Å². The summed E-state index contributed by atoms with van der Waals surface area (Å²) in [6, 6.07) is 7.77. The second-order valence-electron chi connectivity index (χ2n) is 3.94. The average molecular weight is 247 g/mol. The van der Waals surface area contributed by atoms with Crippen molar-refractivity contribution in [2.45, 2.75) is 17.9 Å². The minimum atomic E-state index is -0.0251. The van der Waals surface area contributed by atoms with Gasteiger partial charge in [-0.25, -0.2) is 0 Å². The van der Waals surface area contributed by atoms with Gasteiger partial charge in [0.15, 0.2) is 0 Å². The maximum atomic E-state index is 11.7. The predicted octanol–water partition coefficient (Wildman–Crippen LogP) is 1.67. The highest BCUT2D eigenvalue weighted by atomic mass is 32.2. The second kappa shape index (κ2) is 4.78. The summed E-state index contributed by atoms with van der Waals surface area (Å²) in [6.07, 6.45) is 0. The highest BCUT2D eigenvalue weighted by molar-refractivity contribution is 8.00. The third-order valence-corrected chi connectivity index (χ3v) is 3.71. The summed E-state index contributed by atoms with van der Waals surface area (Å²) in [7, 11) is 0. The lowest BCUT2D eigenvalue weighted by Crippen LogP contribution is -2.35. The molecule has 0 bridgehead atoms. The molecule has 88 valence electrons. The molecule has 0 aliphatic carbocycles. The van der Waals surface area contributed by atoms with E-state index in [9.17, 15) is 4.79 Å². The molecular formula is C12H13N3OS. The van der Waals surface area contributed by atoms with Crippen LogP contribution in [0, 0.1) is 11.3 Å². The van der Waals surface area contributed by atoms with Crippen molar-refractivity contribution < 1.29 is 4.79 Å². The van der Waals surface area contributed by atoms with E-state index in [4.69, 9.17) is 11.0 Å². The van der Waals surface area contributed by atoms with E-state index in [2.05, 4.69) is 0 Å². The molecule has 1 unspecified atom stereocenters. The Morgan fingerprint density at radius 3 is 3.06 bits per heavy atom. The smallest absolute Gasteiger partial charge is 0.238 e. The molecule has 5 heteroatoms. The number of nitriles is 1. The number of rotatable bonds is 2. The van der Waals surface area contributed by atoms with Gasteiger partial charge in [0, 0.05) is 10.9 Å². The molecule has 1 aliphatic heterocycles. The van der Waals surface area contributed by atoms with E-state index in [1.165, 1.54) is 16.7 Å². The quantitative estimate of drug-likeness (QED) is 0.807. The van der Waals surface area contributed by atoms with Crippen LogP contribution < -0.4 is 10.6 Å². The fourth-order valence-corrected chi connectivity index (χ4v) is 2.73. The first-order valence-electron chi connectivity index (χ1n) is 5.33. The molecule has 1 atom stereocenters. The molecule has 17 heavy (non-hydrogen) atoms. The first kappa shape index (κ1) is 12.0. The molecule has 1 aliphatic rings. The topological polar surface area (TPSA) is 70.1 Å². The zero-order chi connectivity index (χ0) is 12.4. The van der Waals surface area contributed by atoms with Crippen molar-refractivity contribution >= 4 is 23.4 Å². The Morgan fingerprint density at radius 2 is 2.41 bits per heavy atom. The van der Waals surface area contributed by atoms with Crippen LogP contribution in [-0.4, -0.2) is 18.2 Å². The summed E-state index contributed by atoms with van der Waals surface area (Å²) < 4.78 is 0. The lowest BCUT2D eigenvalue weighted by molar-refractivity contribution is -0.116.